The van der Waals surface area contributed by atoms with Gasteiger partial charge in [-0.25, -0.2) is 4.79 Å². The minimum Gasteiger partial charge on any atom is -0.497 e. The number of rotatable bonds is 3. The molecule has 0 fully saturated rings. The fourth-order valence-electron chi connectivity index (χ4n) is 2.42. The predicted molar refractivity (Wildman–Crippen MR) is 95.5 cm³/mol. The number of benzene rings is 2. The molecule has 2 aromatic heterocycles. The van der Waals surface area contributed by atoms with Gasteiger partial charge in [0.1, 0.15) is 16.9 Å². The summed E-state index contributed by atoms with van der Waals surface area (Å²) in [5.41, 5.74) is 0.885. The maximum atomic E-state index is 12.2. The van der Waals surface area contributed by atoms with E-state index in [0.29, 0.717) is 22.6 Å². The third kappa shape index (κ3) is 2.94. The van der Waals surface area contributed by atoms with Crippen molar-refractivity contribution in [2.75, 3.05) is 7.11 Å². The Morgan fingerprint density at radius 1 is 0.960 bits per heavy atom. The van der Waals surface area contributed by atoms with E-state index in [1.807, 2.05) is 24.3 Å². The molecule has 2 heterocycles. The third-order valence-corrected chi connectivity index (χ3v) is 4.21. The SMILES string of the molecule is COc1ccc2oc(=O)c(-c3nnc(-c4ccc(Br)cc4)o3)cc2c1. The molecule has 25 heavy (non-hydrogen) atoms. The van der Waals surface area contributed by atoms with Crippen LogP contribution in [0.5, 0.6) is 5.75 Å². The number of halogens is 1. The van der Waals surface area contributed by atoms with Gasteiger partial charge in [-0.3, -0.25) is 0 Å². The molecule has 0 aliphatic rings. The van der Waals surface area contributed by atoms with Crippen molar-refractivity contribution < 1.29 is 13.6 Å². The Morgan fingerprint density at radius 2 is 1.72 bits per heavy atom. The van der Waals surface area contributed by atoms with Crippen LogP contribution in [0.15, 0.2) is 66.6 Å². The van der Waals surface area contributed by atoms with Gasteiger partial charge < -0.3 is 13.6 Å². The molecule has 4 aromatic rings. The van der Waals surface area contributed by atoms with Crippen LogP contribution in [-0.2, 0) is 0 Å². The Labute approximate surface area is 150 Å². The molecule has 0 unspecified atom stereocenters. The molecule has 7 heteroatoms. The highest BCUT2D eigenvalue weighted by molar-refractivity contribution is 9.10. The van der Waals surface area contributed by atoms with Crippen molar-refractivity contribution in [3.8, 4) is 28.7 Å². The Kier molecular flexibility index (Phi) is 3.85. The van der Waals surface area contributed by atoms with Crippen LogP contribution in [-0.4, -0.2) is 17.3 Å². The zero-order valence-corrected chi connectivity index (χ0v) is 14.6. The maximum absolute atomic E-state index is 12.2. The van der Waals surface area contributed by atoms with Crippen LogP contribution in [0.1, 0.15) is 0 Å². The van der Waals surface area contributed by atoms with Crippen molar-refractivity contribution in [2.24, 2.45) is 0 Å². The summed E-state index contributed by atoms with van der Waals surface area (Å²) < 4.78 is 17.1. The van der Waals surface area contributed by atoms with Crippen molar-refractivity contribution in [1.82, 2.24) is 10.2 Å². The topological polar surface area (TPSA) is 78.4 Å². The lowest BCUT2D eigenvalue weighted by atomic mass is 10.2. The van der Waals surface area contributed by atoms with Crippen LogP contribution < -0.4 is 10.4 Å². The van der Waals surface area contributed by atoms with Gasteiger partial charge >= 0.3 is 5.63 Å². The van der Waals surface area contributed by atoms with E-state index >= 15 is 0 Å². The Bertz CT molecular complexity index is 1120. The van der Waals surface area contributed by atoms with Gasteiger partial charge in [0, 0.05) is 15.4 Å². The van der Waals surface area contributed by atoms with Crippen LogP contribution in [0, 0.1) is 0 Å². The Morgan fingerprint density at radius 3 is 2.48 bits per heavy atom. The smallest absolute Gasteiger partial charge is 0.349 e. The maximum Gasteiger partial charge on any atom is 0.349 e. The predicted octanol–water partition coefficient (Wildman–Crippen LogP) is 4.28. The van der Waals surface area contributed by atoms with E-state index in [1.54, 1.807) is 31.4 Å². The zero-order valence-electron chi connectivity index (χ0n) is 13.0. The molecular formula is C18H11BrN2O4. The highest BCUT2D eigenvalue weighted by Crippen LogP contribution is 2.26. The monoisotopic (exact) mass is 398 g/mol. The first-order valence-corrected chi connectivity index (χ1v) is 8.15. The van der Waals surface area contributed by atoms with Gasteiger partial charge in [0.2, 0.25) is 5.89 Å². The highest BCUT2D eigenvalue weighted by Gasteiger charge is 2.16. The molecule has 0 saturated carbocycles. The number of hydrogen-bond donors (Lipinski definition) is 0. The molecule has 0 N–H and O–H groups in total. The molecule has 0 spiro atoms. The second kappa shape index (κ2) is 6.18. The fourth-order valence-corrected chi connectivity index (χ4v) is 2.68. The van der Waals surface area contributed by atoms with Gasteiger partial charge in [0.25, 0.3) is 5.89 Å². The second-order valence-electron chi connectivity index (χ2n) is 5.27. The molecule has 0 saturated heterocycles. The van der Waals surface area contributed by atoms with Crippen LogP contribution >= 0.6 is 15.9 Å². The van der Waals surface area contributed by atoms with E-state index in [9.17, 15) is 4.79 Å². The summed E-state index contributed by atoms with van der Waals surface area (Å²) in [6.07, 6.45) is 0. The number of hydrogen-bond acceptors (Lipinski definition) is 6. The average molecular weight is 399 g/mol. The lowest BCUT2D eigenvalue weighted by molar-refractivity contribution is 0.415. The van der Waals surface area contributed by atoms with Crippen LogP contribution in [0.4, 0.5) is 0 Å². The van der Waals surface area contributed by atoms with Crippen LogP contribution in [0.25, 0.3) is 33.9 Å². The minimum atomic E-state index is -0.538. The molecule has 0 aliphatic heterocycles. The van der Waals surface area contributed by atoms with E-state index in [2.05, 4.69) is 26.1 Å². The number of fused-ring (bicyclic) bond motifs is 1. The molecule has 0 atom stereocenters. The highest BCUT2D eigenvalue weighted by atomic mass is 79.9. The summed E-state index contributed by atoms with van der Waals surface area (Å²) in [6.45, 7) is 0. The van der Waals surface area contributed by atoms with Crippen LogP contribution in [0.2, 0.25) is 0 Å². The number of ether oxygens (including phenoxy) is 1. The lowest BCUT2D eigenvalue weighted by Crippen LogP contribution is -2.02. The Hall–Kier alpha value is -2.93. The first kappa shape index (κ1) is 15.6. The summed E-state index contributed by atoms with van der Waals surface area (Å²) in [6, 6.07) is 14.3. The second-order valence-corrected chi connectivity index (χ2v) is 6.19. The van der Waals surface area contributed by atoms with Gasteiger partial charge in [0.15, 0.2) is 0 Å². The lowest BCUT2D eigenvalue weighted by Gasteiger charge is -2.02. The van der Waals surface area contributed by atoms with Crippen molar-refractivity contribution in [2.45, 2.75) is 0 Å². The molecule has 4 rings (SSSR count). The molecule has 2 aromatic carbocycles. The normalized spacial score (nSPS) is 11.0. The van der Waals surface area contributed by atoms with Gasteiger partial charge in [-0.2, -0.15) is 0 Å². The summed E-state index contributed by atoms with van der Waals surface area (Å²) in [5.74, 6) is 1.09. The Balaban J connectivity index is 1.80. The van der Waals surface area contributed by atoms with Gasteiger partial charge in [0.05, 0.1) is 7.11 Å². The van der Waals surface area contributed by atoms with Crippen LogP contribution in [0.3, 0.4) is 0 Å². The third-order valence-electron chi connectivity index (χ3n) is 3.69. The standard InChI is InChI=1S/C18H11BrN2O4/c1-23-13-6-7-15-11(8-13)9-14(18(22)24-15)17-21-20-16(25-17)10-2-4-12(19)5-3-10/h2-9H,1H3. The van der Waals surface area contributed by atoms with E-state index in [4.69, 9.17) is 13.6 Å². The van der Waals surface area contributed by atoms with Gasteiger partial charge in [-0.05, 0) is 48.5 Å². The van der Waals surface area contributed by atoms with E-state index in [1.165, 1.54) is 0 Å². The zero-order chi connectivity index (χ0) is 17.4. The molecular weight excluding hydrogens is 388 g/mol. The summed E-state index contributed by atoms with van der Waals surface area (Å²) in [4.78, 5) is 12.2. The van der Waals surface area contributed by atoms with Gasteiger partial charge in [-0.15, -0.1) is 10.2 Å². The fraction of sp³-hybridized carbons (Fsp3) is 0.0556. The largest absolute Gasteiger partial charge is 0.497 e. The summed E-state index contributed by atoms with van der Waals surface area (Å²) in [5, 5.41) is 8.69. The number of nitrogens with zero attached hydrogens (tertiary/aromatic N) is 2. The summed E-state index contributed by atoms with van der Waals surface area (Å²) in [7, 11) is 1.57. The molecule has 0 aliphatic carbocycles. The first-order chi connectivity index (χ1) is 12.1. The molecule has 0 bridgehead atoms. The van der Waals surface area contributed by atoms with Crippen molar-refractivity contribution in [3.05, 3.63) is 63.4 Å². The number of aromatic nitrogens is 2. The number of methoxy groups -OCH3 is 1. The first-order valence-electron chi connectivity index (χ1n) is 7.36. The average Bonchev–Trinajstić information content (AvgIpc) is 3.11. The van der Waals surface area contributed by atoms with Crippen molar-refractivity contribution in [3.63, 3.8) is 0 Å². The minimum absolute atomic E-state index is 0.108. The van der Waals surface area contributed by atoms with E-state index in [0.717, 1.165) is 10.0 Å². The molecule has 124 valence electrons. The summed E-state index contributed by atoms with van der Waals surface area (Å²) >= 11 is 3.37. The molecule has 6 nitrogen and oxygen atoms in total. The van der Waals surface area contributed by atoms with Crippen molar-refractivity contribution in [1.29, 1.82) is 0 Å². The molecule has 0 radical (unpaired) electrons. The van der Waals surface area contributed by atoms with Gasteiger partial charge in [-0.1, -0.05) is 15.9 Å². The van der Waals surface area contributed by atoms with E-state index in [-0.39, 0.29) is 11.5 Å². The quantitative estimate of drug-likeness (QED) is 0.479. The molecule has 0 amide bonds. The van der Waals surface area contributed by atoms with Crippen molar-refractivity contribution >= 4 is 26.9 Å². The van der Waals surface area contributed by atoms with E-state index < -0.39 is 5.63 Å².